The number of ether oxygens (including phenoxy) is 2. The molecule has 0 aliphatic carbocycles. The standard InChI is InChI=1S/C19H18ClN3O3/c1-25-15-10-6-9-14(17(15)20)21-19-22-18(24)16(26-2)12-23(19)11-13-7-4-3-5-8-13/h3-10,12H,11H2,1-2H3,(H,21,22,24). The number of halogens is 1. The Balaban J connectivity index is 2.03. The summed E-state index contributed by atoms with van der Waals surface area (Å²) in [6, 6.07) is 15.2. The van der Waals surface area contributed by atoms with Crippen LogP contribution >= 0.6 is 11.6 Å². The van der Waals surface area contributed by atoms with Crippen LogP contribution in [0.25, 0.3) is 0 Å². The molecular formula is C19H18ClN3O3. The summed E-state index contributed by atoms with van der Waals surface area (Å²) in [5.74, 6) is 1.06. The minimum atomic E-state index is -0.460. The van der Waals surface area contributed by atoms with Gasteiger partial charge >= 0.3 is 5.56 Å². The fraction of sp³-hybridized carbons (Fsp3) is 0.158. The highest BCUT2D eigenvalue weighted by atomic mass is 35.5. The number of hydrogen-bond acceptors (Lipinski definition) is 5. The van der Waals surface area contributed by atoms with Crippen LogP contribution in [0.4, 0.5) is 11.6 Å². The zero-order valence-corrected chi connectivity index (χ0v) is 15.2. The van der Waals surface area contributed by atoms with E-state index in [-0.39, 0.29) is 5.75 Å². The van der Waals surface area contributed by atoms with E-state index in [0.717, 1.165) is 5.56 Å². The van der Waals surface area contributed by atoms with E-state index >= 15 is 0 Å². The van der Waals surface area contributed by atoms with Gasteiger partial charge in [-0.2, -0.15) is 4.98 Å². The monoisotopic (exact) mass is 371 g/mol. The van der Waals surface area contributed by atoms with Crippen molar-refractivity contribution in [2.24, 2.45) is 0 Å². The minimum Gasteiger partial charge on any atom is -0.495 e. The van der Waals surface area contributed by atoms with Gasteiger partial charge in [-0.15, -0.1) is 0 Å². The maximum atomic E-state index is 12.1. The second-order valence-corrected chi connectivity index (χ2v) is 5.88. The van der Waals surface area contributed by atoms with Crippen molar-refractivity contribution in [2.75, 3.05) is 19.5 Å². The van der Waals surface area contributed by atoms with E-state index in [1.165, 1.54) is 7.11 Å². The van der Waals surface area contributed by atoms with Gasteiger partial charge in [0, 0.05) is 0 Å². The Hall–Kier alpha value is -2.99. The summed E-state index contributed by atoms with van der Waals surface area (Å²) in [6.07, 6.45) is 1.62. The number of hydrogen-bond donors (Lipinski definition) is 1. The molecule has 3 aromatic rings. The van der Waals surface area contributed by atoms with Crippen LogP contribution in [0.3, 0.4) is 0 Å². The number of anilines is 2. The molecule has 0 fully saturated rings. The molecule has 0 spiro atoms. The highest BCUT2D eigenvalue weighted by Gasteiger charge is 2.13. The highest BCUT2D eigenvalue weighted by Crippen LogP contribution is 2.33. The third kappa shape index (κ3) is 3.81. The maximum Gasteiger partial charge on any atom is 0.316 e. The molecule has 0 radical (unpaired) electrons. The maximum absolute atomic E-state index is 12.1. The summed E-state index contributed by atoms with van der Waals surface area (Å²) in [5.41, 5.74) is 1.18. The first kappa shape index (κ1) is 17.8. The predicted molar refractivity (Wildman–Crippen MR) is 102 cm³/mol. The number of rotatable bonds is 6. The molecule has 26 heavy (non-hydrogen) atoms. The van der Waals surface area contributed by atoms with E-state index in [9.17, 15) is 4.79 Å². The van der Waals surface area contributed by atoms with E-state index in [1.807, 2.05) is 30.3 Å². The fourth-order valence-corrected chi connectivity index (χ4v) is 2.75. The first-order valence-corrected chi connectivity index (χ1v) is 8.29. The van der Waals surface area contributed by atoms with Gasteiger partial charge in [0.1, 0.15) is 10.8 Å². The molecule has 0 aliphatic rings. The molecule has 134 valence electrons. The third-order valence-corrected chi connectivity index (χ3v) is 4.20. The Morgan fingerprint density at radius 2 is 1.77 bits per heavy atom. The van der Waals surface area contributed by atoms with Crippen molar-refractivity contribution in [2.45, 2.75) is 6.54 Å². The number of benzene rings is 2. The van der Waals surface area contributed by atoms with E-state index in [1.54, 1.807) is 36.1 Å². The summed E-state index contributed by atoms with van der Waals surface area (Å²) >= 11 is 6.34. The molecule has 0 bridgehead atoms. The van der Waals surface area contributed by atoms with Crippen molar-refractivity contribution in [1.82, 2.24) is 9.55 Å². The summed E-state index contributed by atoms with van der Waals surface area (Å²) in [4.78, 5) is 16.2. The second kappa shape index (κ2) is 7.93. The first-order valence-electron chi connectivity index (χ1n) is 7.91. The topological polar surface area (TPSA) is 65.4 Å². The smallest absolute Gasteiger partial charge is 0.316 e. The van der Waals surface area contributed by atoms with E-state index in [2.05, 4.69) is 10.3 Å². The average molecular weight is 372 g/mol. The Kier molecular flexibility index (Phi) is 5.43. The molecule has 0 amide bonds. The number of nitrogens with one attached hydrogen (secondary N) is 1. The average Bonchev–Trinajstić information content (AvgIpc) is 2.66. The second-order valence-electron chi connectivity index (χ2n) is 5.50. The van der Waals surface area contributed by atoms with Gasteiger partial charge in [-0.1, -0.05) is 48.0 Å². The predicted octanol–water partition coefficient (Wildman–Crippen LogP) is 3.71. The molecule has 7 heteroatoms. The Morgan fingerprint density at radius 1 is 1.04 bits per heavy atom. The lowest BCUT2D eigenvalue weighted by Crippen LogP contribution is -2.18. The Bertz CT molecular complexity index is 958. The molecule has 0 aliphatic heterocycles. The number of methoxy groups -OCH3 is 2. The van der Waals surface area contributed by atoms with Crippen molar-refractivity contribution >= 4 is 23.2 Å². The van der Waals surface area contributed by atoms with Crippen molar-refractivity contribution < 1.29 is 9.47 Å². The van der Waals surface area contributed by atoms with Crippen molar-refractivity contribution in [3.8, 4) is 11.5 Å². The minimum absolute atomic E-state index is 0.170. The van der Waals surface area contributed by atoms with Crippen LogP contribution in [-0.4, -0.2) is 23.8 Å². The SMILES string of the molecule is COc1cccc(Nc2nc(=O)c(OC)cn2Cc2ccccc2)c1Cl. The molecule has 1 N–H and O–H groups in total. The molecule has 0 saturated heterocycles. The number of nitrogens with zero attached hydrogens (tertiary/aromatic N) is 2. The van der Waals surface area contributed by atoms with Gasteiger partial charge in [0.25, 0.3) is 0 Å². The molecule has 6 nitrogen and oxygen atoms in total. The highest BCUT2D eigenvalue weighted by molar-refractivity contribution is 6.34. The summed E-state index contributed by atoms with van der Waals surface area (Å²) in [6.45, 7) is 0.508. The third-order valence-electron chi connectivity index (χ3n) is 3.81. The lowest BCUT2D eigenvalue weighted by Gasteiger charge is -2.16. The normalized spacial score (nSPS) is 10.4. The zero-order valence-electron chi connectivity index (χ0n) is 14.4. The largest absolute Gasteiger partial charge is 0.495 e. The van der Waals surface area contributed by atoms with Crippen LogP contribution in [0.1, 0.15) is 5.56 Å². The van der Waals surface area contributed by atoms with Crippen LogP contribution in [0.15, 0.2) is 59.5 Å². The molecular weight excluding hydrogens is 354 g/mol. The molecule has 1 heterocycles. The van der Waals surface area contributed by atoms with Gasteiger partial charge in [0.05, 0.1) is 32.6 Å². The van der Waals surface area contributed by atoms with E-state index in [4.69, 9.17) is 21.1 Å². The van der Waals surface area contributed by atoms with Crippen molar-refractivity contribution in [1.29, 1.82) is 0 Å². The van der Waals surface area contributed by atoms with Gasteiger partial charge in [-0.25, -0.2) is 0 Å². The van der Waals surface area contributed by atoms with E-state index < -0.39 is 5.56 Å². The lowest BCUT2D eigenvalue weighted by atomic mass is 10.2. The van der Waals surface area contributed by atoms with Crippen LogP contribution in [0.5, 0.6) is 11.5 Å². The summed E-state index contributed by atoms with van der Waals surface area (Å²) in [5, 5.41) is 3.52. The Labute approximate surface area is 156 Å². The van der Waals surface area contributed by atoms with Gasteiger partial charge in [-0.05, 0) is 17.7 Å². The summed E-state index contributed by atoms with van der Waals surface area (Å²) in [7, 11) is 2.99. The van der Waals surface area contributed by atoms with Crippen LogP contribution in [-0.2, 0) is 6.54 Å². The van der Waals surface area contributed by atoms with E-state index in [0.29, 0.717) is 29.0 Å². The van der Waals surface area contributed by atoms with Crippen molar-refractivity contribution in [3.63, 3.8) is 0 Å². The zero-order chi connectivity index (χ0) is 18.5. The number of aromatic nitrogens is 2. The van der Waals surface area contributed by atoms with Crippen LogP contribution in [0, 0.1) is 0 Å². The first-order chi connectivity index (χ1) is 12.6. The quantitative estimate of drug-likeness (QED) is 0.715. The fourth-order valence-electron chi connectivity index (χ4n) is 2.50. The van der Waals surface area contributed by atoms with Gasteiger partial charge in [-0.3, -0.25) is 4.79 Å². The molecule has 0 atom stereocenters. The molecule has 3 rings (SSSR count). The molecule has 0 saturated carbocycles. The molecule has 2 aromatic carbocycles. The van der Waals surface area contributed by atoms with Gasteiger partial charge in [0.15, 0.2) is 0 Å². The summed E-state index contributed by atoms with van der Waals surface area (Å²) < 4.78 is 12.1. The van der Waals surface area contributed by atoms with Gasteiger partial charge < -0.3 is 19.4 Å². The lowest BCUT2D eigenvalue weighted by molar-refractivity contribution is 0.402. The van der Waals surface area contributed by atoms with Gasteiger partial charge in [0.2, 0.25) is 11.7 Å². The molecule has 0 unspecified atom stereocenters. The van der Waals surface area contributed by atoms with Crippen LogP contribution in [0.2, 0.25) is 5.02 Å². The van der Waals surface area contributed by atoms with Crippen molar-refractivity contribution in [3.05, 3.63) is 75.7 Å². The molecule has 1 aromatic heterocycles. The van der Waals surface area contributed by atoms with Crippen LogP contribution < -0.4 is 20.3 Å². The Morgan fingerprint density at radius 3 is 2.46 bits per heavy atom.